The Hall–Kier alpha value is -0.610. The molecule has 4 nitrogen and oxygen atoms in total. The van der Waals surface area contributed by atoms with Crippen molar-refractivity contribution in [2.24, 2.45) is 0 Å². The highest BCUT2D eigenvalue weighted by Gasteiger charge is 2.38. The first-order valence-corrected chi connectivity index (χ1v) is 4.84. The zero-order chi connectivity index (χ0) is 9.42. The quantitative estimate of drug-likeness (QED) is 0.578. The number of amides is 1. The van der Waals surface area contributed by atoms with Crippen LogP contribution in [0, 0.1) is 0 Å². The average Bonchev–Trinajstić information content (AvgIpc) is 2.58. The van der Waals surface area contributed by atoms with Crippen molar-refractivity contribution >= 4 is 5.91 Å². The van der Waals surface area contributed by atoms with Crippen LogP contribution in [0.15, 0.2) is 0 Å². The minimum atomic E-state index is -0.528. The standard InChI is InChI=1S/C9H15NO3/c11-6-4-9(13)10(5-6)7-2-1-3-8(7)12/h6-8,11-12H,1-5H2. The van der Waals surface area contributed by atoms with Crippen LogP contribution < -0.4 is 0 Å². The Labute approximate surface area is 77.2 Å². The zero-order valence-corrected chi connectivity index (χ0v) is 7.52. The fourth-order valence-electron chi connectivity index (χ4n) is 2.32. The van der Waals surface area contributed by atoms with Gasteiger partial charge in [-0.1, -0.05) is 0 Å². The number of hydrogen-bond donors (Lipinski definition) is 2. The molecule has 1 aliphatic heterocycles. The summed E-state index contributed by atoms with van der Waals surface area (Å²) in [4.78, 5) is 13.0. The van der Waals surface area contributed by atoms with Crippen LogP contribution in [-0.4, -0.2) is 45.8 Å². The van der Waals surface area contributed by atoms with Crippen molar-refractivity contribution in [2.45, 2.75) is 43.9 Å². The Morgan fingerprint density at radius 3 is 2.54 bits per heavy atom. The van der Waals surface area contributed by atoms with E-state index in [0.29, 0.717) is 6.54 Å². The predicted molar refractivity (Wildman–Crippen MR) is 46.0 cm³/mol. The summed E-state index contributed by atoms with van der Waals surface area (Å²) in [5, 5.41) is 18.9. The lowest BCUT2D eigenvalue weighted by Gasteiger charge is -2.26. The third kappa shape index (κ3) is 1.56. The van der Waals surface area contributed by atoms with Gasteiger partial charge in [-0.2, -0.15) is 0 Å². The summed E-state index contributed by atoms with van der Waals surface area (Å²) in [7, 11) is 0. The summed E-state index contributed by atoms with van der Waals surface area (Å²) >= 11 is 0. The summed E-state index contributed by atoms with van der Waals surface area (Å²) in [6, 6.07) is -0.0374. The molecule has 0 aromatic rings. The van der Waals surface area contributed by atoms with Crippen molar-refractivity contribution in [2.75, 3.05) is 6.54 Å². The number of aliphatic hydroxyl groups is 2. The van der Waals surface area contributed by atoms with Crippen LogP contribution in [0.2, 0.25) is 0 Å². The summed E-state index contributed by atoms with van der Waals surface area (Å²) in [6.07, 6.45) is 1.95. The van der Waals surface area contributed by atoms with Gasteiger partial charge in [0.15, 0.2) is 0 Å². The molecule has 74 valence electrons. The Kier molecular flexibility index (Phi) is 2.26. The first-order valence-electron chi connectivity index (χ1n) is 4.84. The van der Waals surface area contributed by atoms with E-state index in [1.807, 2.05) is 0 Å². The molecule has 2 aliphatic rings. The third-order valence-electron chi connectivity index (χ3n) is 2.98. The molecule has 1 saturated carbocycles. The molecule has 0 aromatic heterocycles. The highest BCUT2D eigenvalue weighted by atomic mass is 16.3. The van der Waals surface area contributed by atoms with Crippen molar-refractivity contribution in [3.63, 3.8) is 0 Å². The molecule has 2 rings (SSSR count). The molecule has 3 atom stereocenters. The summed E-state index contributed by atoms with van der Waals surface area (Å²) in [6.45, 7) is 0.403. The van der Waals surface area contributed by atoms with E-state index < -0.39 is 6.10 Å². The Balaban J connectivity index is 2.04. The van der Waals surface area contributed by atoms with E-state index in [1.54, 1.807) is 4.90 Å². The van der Waals surface area contributed by atoms with E-state index in [9.17, 15) is 15.0 Å². The number of likely N-dealkylation sites (tertiary alicyclic amines) is 1. The molecule has 13 heavy (non-hydrogen) atoms. The molecule has 2 fully saturated rings. The van der Waals surface area contributed by atoms with Gasteiger partial charge in [0.25, 0.3) is 0 Å². The molecule has 0 spiro atoms. The van der Waals surface area contributed by atoms with Crippen LogP contribution in [0.1, 0.15) is 25.7 Å². The molecule has 1 heterocycles. The van der Waals surface area contributed by atoms with E-state index in [-0.39, 0.29) is 24.5 Å². The number of carbonyl (C=O) groups excluding carboxylic acids is 1. The van der Waals surface area contributed by atoms with E-state index in [1.165, 1.54) is 0 Å². The fourth-order valence-corrected chi connectivity index (χ4v) is 2.32. The minimum absolute atomic E-state index is 0.0153. The third-order valence-corrected chi connectivity index (χ3v) is 2.98. The van der Waals surface area contributed by atoms with Gasteiger partial charge in [0.1, 0.15) is 0 Å². The number of nitrogens with zero attached hydrogens (tertiary/aromatic N) is 1. The Morgan fingerprint density at radius 2 is 2.08 bits per heavy atom. The first kappa shape index (κ1) is 8.97. The van der Waals surface area contributed by atoms with Gasteiger partial charge >= 0.3 is 0 Å². The van der Waals surface area contributed by atoms with E-state index in [0.717, 1.165) is 19.3 Å². The van der Waals surface area contributed by atoms with Crippen LogP contribution in [0.25, 0.3) is 0 Å². The first-order chi connectivity index (χ1) is 6.18. The van der Waals surface area contributed by atoms with Crippen molar-refractivity contribution in [1.29, 1.82) is 0 Å². The van der Waals surface area contributed by atoms with Gasteiger partial charge in [-0.25, -0.2) is 0 Å². The second-order valence-corrected chi connectivity index (χ2v) is 3.97. The highest BCUT2D eigenvalue weighted by molar-refractivity contribution is 5.79. The minimum Gasteiger partial charge on any atom is -0.391 e. The topological polar surface area (TPSA) is 60.8 Å². The Morgan fingerprint density at radius 1 is 1.31 bits per heavy atom. The molecule has 1 amide bonds. The molecule has 1 aliphatic carbocycles. The van der Waals surface area contributed by atoms with Crippen molar-refractivity contribution in [3.05, 3.63) is 0 Å². The maximum atomic E-state index is 11.4. The van der Waals surface area contributed by atoms with E-state index in [4.69, 9.17) is 0 Å². The van der Waals surface area contributed by atoms with Gasteiger partial charge in [-0.15, -0.1) is 0 Å². The molecule has 0 bridgehead atoms. The maximum Gasteiger partial charge on any atom is 0.225 e. The monoisotopic (exact) mass is 185 g/mol. The molecule has 3 unspecified atom stereocenters. The summed E-state index contributed by atoms with van der Waals surface area (Å²) in [5.74, 6) is -0.0153. The van der Waals surface area contributed by atoms with Crippen LogP contribution in [0.4, 0.5) is 0 Å². The smallest absolute Gasteiger partial charge is 0.225 e. The van der Waals surface area contributed by atoms with Crippen LogP contribution in [0.3, 0.4) is 0 Å². The normalized spacial score (nSPS) is 40.3. The van der Waals surface area contributed by atoms with Crippen LogP contribution in [-0.2, 0) is 4.79 Å². The number of carbonyl (C=O) groups is 1. The fraction of sp³-hybridized carbons (Fsp3) is 0.889. The molecule has 0 aromatic carbocycles. The van der Waals surface area contributed by atoms with Gasteiger partial charge in [0.05, 0.1) is 24.7 Å². The molecule has 2 N–H and O–H groups in total. The number of rotatable bonds is 1. The van der Waals surface area contributed by atoms with Crippen molar-refractivity contribution in [3.8, 4) is 0 Å². The van der Waals surface area contributed by atoms with Crippen LogP contribution in [0.5, 0.6) is 0 Å². The molecule has 1 saturated heterocycles. The summed E-state index contributed by atoms with van der Waals surface area (Å²) < 4.78 is 0. The molecular formula is C9H15NO3. The van der Waals surface area contributed by atoms with Crippen LogP contribution >= 0.6 is 0 Å². The highest BCUT2D eigenvalue weighted by Crippen LogP contribution is 2.27. The SMILES string of the molecule is O=C1CC(O)CN1C1CCCC1O. The van der Waals surface area contributed by atoms with Gasteiger partial charge in [0, 0.05) is 6.54 Å². The van der Waals surface area contributed by atoms with Gasteiger partial charge in [0.2, 0.25) is 5.91 Å². The lowest BCUT2D eigenvalue weighted by Crippen LogP contribution is -2.41. The second-order valence-electron chi connectivity index (χ2n) is 3.97. The average molecular weight is 185 g/mol. The van der Waals surface area contributed by atoms with Gasteiger partial charge < -0.3 is 15.1 Å². The maximum absolute atomic E-state index is 11.4. The number of β-amino-alcohol motifs (C(OH)–C–C–N with tert-alkyl or cyclic N) is 1. The lowest BCUT2D eigenvalue weighted by molar-refractivity contribution is -0.131. The van der Waals surface area contributed by atoms with E-state index >= 15 is 0 Å². The Bertz CT molecular complexity index is 219. The summed E-state index contributed by atoms with van der Waals surface area (Å²) in [5.41, 5.74) is 0. The van der Waals surface area contributed by atoms with Gasteiger partial charge in [-0.3, -0.25) is 4.79 Å². The van der Waals surface area contributed by atoms with Crippen molar-refractivity contribution < 1.29 is 15.0 Å². The van der Waals surface area contributed by atoms with E-state index in [2.05, 4.69) is 0 Å². The second kappa shape index (κ2) is 3.27. The predicted octanol–water partition coefficient (Wildman–Crippen LogP) is -0.507. The van der Waals surface area contributed by atoms with Gasteiger partial charge in [-0.05, 0) is 19.3 Å². The lowest BCUT2D eigenvalue weighted by atomic mass is 10.2. The molecule has 4 heteroatoms. The van der Waals surface area contributed by atoms with Crippen molar-refractivity contribution in [1.82, 2.24) is 4.90 Å². The zero-order valence-electron chi connectivity index (χ0n) is 7.52. The molecular weight excluding hydrogens is 170 g/mol. The largest absolute Gasteiger partial charge is 0.391 e. The number of aliphatic hydroxyl groups excluding tert-OH is 2. The molecule has 0 radical (unpaired) electrons. The number of hydrogen-bond acceptors (Lipinski definition) is 3.